The molecule has 2 rings (SSSR count). The molecule has 0 saturated heterocycles. The zero-order chi connectivity index (χ0) is 14.2. The van der Waals surface area contributed by atoms with Gasteiger partial charge in [-0.05, 0) is 5.41 Å². The summed E-state index contributed by atoms with van der Waals surface area (Å²) in [6.45, 7) is 5.93. The lowest BCUT2D eigenvalue weighted by molar-refractivity contribution is 0.0932. The first-order chi connectivity index (χ1) is 8.81. The zero-order valence-corrected chi connectivity index (χ0v) is 11.2. The summed E-state index contributed by atoms with van der Waals surface area (Å²) in [6.07, 6.45) is 3.34. The summed E-state index contributed by atoms with van der Waals surface area (Å²) in [5.74, 6) is -1.28. The van der Waals surface area contributed by atoms with E-state index < -0.39 is 11.5 Å². The lowest BCUT2D eigenvalue weighted by Crippen LogP contribution is -2.21. The lowest BCUT2D eigenvalue weighted by atomic mass is 9.86. The fourth-order valence-corrected chi connectivity index (χ4v) is 1.87. The monoisotopic (exact) mass is 256 g/mol. The minimum Gasteiger partial charge on any atom is -0.504 e. The molecule has 3 heteroatoms. The van der Waals surface area contributed by atoms with Crippen molar-refractivity contribution in [2.24, 2.45) is 5.41 Å². The van der Waals surface area contributed by atoms with Gasteiger partial charge in [-0.3, -0.25) is 9.59 Å². The lowest BCUT2D eigenvalue weighted by Gasteiger charge is -2.17. The summed E-state index contributed by atoms with van der Waals surface area (Å²) in [6, 6.07) is 6.54. The van der Waals surface area contributed by atoms with Gasteiger partial charge in [0.1, 0.15) is 0 Å². The molecule has 0 aromatic heterocycles. The third-order valence-corrected chi connectivity index (χ3v) is 2.88. The van der Waals surface area contributed by atoms with Crippen molar-refractivity contribution in [2.75, 3.05) is 0 Å². The van der Waals surface area contributed by atoms with E-state index in [-0.39, 0.29) is 22.3 Å². The fourth-order valence-electron chi connectivity index (χ4n) is 1.87. The number of allylic oxidation sites excluding steroid dienone is 4. The summed E-state index contributed by atoms with van der Waals surface area (Å²) >= 11 is 0. The fraction of sp³-hybridized carbons (Fsp3) is 0.250. The predicted molar refractivity (Wildman–Crippen MR) is 73.4 cm³/mol. The summed E-state index contributed by atoms with van der Waals surface area (Å²) < 4.78 is 0. The largest absolute Gasteiger partial charge is 0.504 e. The number of aliphatic hydroxyl groups excluding tert-OH is 1. The van der Waals surface area contributed by atoms with Crippen LogP contribution in [0.5, 0.6) is 0 Å². The van der Waals surface area contributed by atoms with Gasteiger partial charge in [-0.2, -0.15) is 0 Å². The molecule has 0 aliphatic heterocycles. The number of benzene rings is 1. The SMILES string of the molecule is CC(C)(C)C=CC1=C(O)C(=O)c2ccccc2C1=O. The van der Waals surface area contributed by atoms with Gasteiger partial charge in [-0.25, -0.2) is 0 Å². The van der Waals surface area contributed by atoms with Crippen LogP contribution in [0.1, 0.15) is 41.5 Å². The van der Waals surface area contributed by atoms with Crippen molar-refractivity contribution in [2.45, 2.75) is 20.8 Å². The van der Waals surface area contributed by atoms with Crippen molar-refractivity contribution in [1.29, 1.82) is 0 Å². The van der Waals surface area contributed by atoms with Gasteiger partial charge in [0.25, 0.3) is 0 Å². The molecule has 0 unspecified atom stereocenters. The van der Waals surface area contributed by atoms with Crippen LogP contribution in [0.4, 0.5) is 0 Å². The van der Waals surface area contributed by atoms with E-state index >= 15 is 0 Å². The Balaban J connectivity index is 2.52. The van der Waals surface area contributed by atoms with Crippen molar-refractivity contribution in [3.8, 4) is 0 Å². The minimum atomic E-state index is -0.497. The highest BCUT2D eigenvalue weighted by molar-refractivity contribution is 6.26. The number of carbonyl (C=O) groups excluding carboxylic acids is 2. The van der Waals surface area contributed by atoms with Gasteiger partial charge in [-0.1, -0.05) is 57.2 Å². The Morgan fingerprint density at radius 2 is 1.53 bits per heavy atom. The standard InChI is InChI=1S/C16H16O3/c1-16(2,3)9-8-12-13(17)10-6-4-5-7-11(10)14(18)15(12)19/h4-9,19H,1-3H3. The minimum absolute atomic E-state index is 0.0682. The predicted octanol–water partition coefficient (Wildman–Crippen LogP) is 3.48. The first kappa shape index (κ1) is 13.3. The van der Waals surface area contributed by atoms with Gasteiger partial charge in [0.2, 0.25) is 5.78 Å². The van der Waals surface area contributed by atoms with E-state index in [1.165, 1.54) is 6.08 Å². The first-order valence-corrected chi connectivity index (χ1v) is 6.12. The molecule has 1 aliphatic carbocycles. The first-order valence-electron chi connectivity index (χ1n) is 6.12. The number of carbonyl (C=O) groups is 2. The van der Waals surface area contributed by atoms with E-state index in [1.54, 1.807) is 30.3 Å². The molecule has 1 N–H and O–H groups in total. The molecule has 3 nitrogen and oxygen atoms in total. The molecular weight excluding hydrogens is 240 g/mol. The summed E-state index contributed by atoms with van der Waals surface area (Å²) in [7, 11) is 0. The number of hydrogen-bond acceptors (Lipinski definition) is 3. The molecule has 0 saturated carbocycles. The van der Waals surface area contributed by atoms with Gasteiger partial charge >= 0.3 is 0 Å². The summed E-state index contributed by atoms with van der Waals surface area (Å²) in [4.78, 5) is 24.3. The molecule has 1 aliphatic rings. The Kier molecular flexibility index (Phi) is 3.14. The Morgan fingerprint density at radius 1 is 1.00 bits per heavy atom. The molecule has 0 amide bonds. The highest BCUT2D eigenvalue weighted by atomic mass is 16.3. The molecule has 0 atom stereocenters. The maximum absolute atomic E-state index is 12.3. The van der Waals surface area contributed by atoms with Gasteiger partial charge in [0.15, 0.2) is 11.5 Å². The topological polar surface area (TPSA) is 54.4 Å². The van der Waals surface area contributed by atoms with E-state index in [0.29, 0.717) is 5.56 Å². The molecule has 0 spiro atoms. The van der Waals surface area contributed by atoms with Gasteiger partial charge in [0.05, 0.1) is 5.57 Å². The molecule has 98 valence electrons. The Labute approximate surface area is 112 Å². The second-order valence-electron chi connectivity index (χ2n) is 5.67. The third-order valence-electron chi connectivity index (χ3n) is 2.88. The van der Waals surface area contributed by atoms with E-state index in [1.807, 2.05) is 20.8 Å². The second kappa shape index (κ2) is 4.50. The molecule has 0 heterocycles. The average molecular weight is 256 g/mol. The molecule has 19 heavy (non-hydrogen) atoms. The number of rotatable bonds is 1. The van der Waals surface area contributed by atoms with Crippen molar-refractivity contribution in [1.82, 2.24) is 0 Å². The van der Waals surface area contributed by atoms with E-state index in [0.717, 1.165) is 0 Å². The number of Topliss-reactive ketones (excluding diaryl/α,β-unsaturated/α-hetero) is 2. The molecule has 1 aromatic rings. The van der Waals surface area contributed by atoms with Crippen LogP contribution in [0.3, 0.4) is 0 Å². The van der Waals surface area contributed by atoms with E-state index in [4.69, 9.17) is 0 Å². The molecule has 0 fully saturated rings. The van der Waals surface area contributed by atoms with E-state index in [9.17, 15) is 14.7 Å². The Hall–Kier alpha value is -2.16. The normalized spacial score (nSPS) is 16.2. The van der Waals surface area contributed by atoms with Crippen molar-refractivity contribution >= 4 is 11.6 Å². The van der Waals surface area contributed by atoms with Crippen molar-refractivity contribution in [3.63, 3.8) is 0 Å². The average Bonchev–Trinajstić information content (AvgIpc) is 2.35. The Bertz CT molecular complexity index is 613. The summed E-state index contributed by atoms with van der Waals surface area (Å²) in [5.41, 5.74) is 0.545. The Morgan fingerprint density at radius 3 is 2.05 bits per heavy atom. The third kappa shape index (κ3) is 2.50. The van der Waals surface area contributed by atoms with Crippen LogP contribution in [0.2, 0.25) is 0 Å². The van der Waals surface area contributed by atoms with Crippen LogP contribution in [0.25, 0.3) is 0 Å². The van der Waals surface area contributed by atoms with Crippen LogP contribution >= 0.6 is 0 Å². The molecule has 0 bridgehead atoms. The van der Waals surface area contributed by atoms with Crippen LogP contribution < -0.4 is 0 Å². The maximum Gasteiger partial charge on any atom is 0.228 e. The number of hydrogen-bond donors (Lipinski definition) is 1. The highest BCUT2D eigenvalue weighted by Gasteiger charge is 2.30. The highest BCUT2D eigenvalue weighted by Crippen LogP contribution is 2.27. The number of ketones is 2. The van der Waals surface area contributed by atoms with Crippen LogP contribution in [0.15, 0.2) is 47.7 Å². The van der Waals surface area contributed by atoms with Crippen LogP contribution in [-0.2, 0) is 0 Å². The molecule has 0 radical (unpaired) electrons. The number of aliphatic hydroxyl groups is 1. The summed E-state index contributed by atoms with van der Waals surface area (Å²) in [5, 5.41) is 9.91. The van der Waals surface area contributed by atoms with Gasteiger partial charge < -0.3 is 5.11 Å². The maximum atomic E-state index is 12.3. The second-order valence-corrected chi connectivity index (χ2v) is 5.67. The zero-order valence-electron chi connectivity index (χ0n) is 11.2. The number of fused-ring (bicyclic) bond motifs is 1. The van der Waals surface area contributed by atoms with E-state index in [2.05, 4.69) is 0 Å². The smallest absolute Gasteiger partial charge is 0.228 e. The van der Waals surface area contributed by atoms with Crippen molar-refractivity contribution in [3.05, 3.63) is 58.9 Å². The van der Waals surface area contributed by atoms with Gasteiger partial charge in [0, 0.05) is 11.1 Å². The molecule has 1 aromatic carbocycles. The molecular formula is C16H16O3. The van der Waals surface area contributed by atoms with Crippen molar-refractivity contribution < 1.29 is 14.7 Å². The van der Waals surface area contributed by atoms with Gasteiger partial charge in [-0.15, -0.1) is 0 Å². The van der Waals surface area contributed by atoms with Crippen LogP contribution in [0, 0.1) is 5.41 Å². The van der Waals surface area contributed by atoms with Crippen LogP contribution in [-0.4, -0.2) is 16.7 Å². The quantitative estimate of drug-likeness (QED) is 0.836.